The maximum Gasteiger partial charge on any atom is 0.321 e. The van der Waals surface area contributed by atoms with Crippen LogP contribution in [0.1, 0.15) is 18.4 Å². The Morgan fingerprint density at radius 1 is 1.29 bits per heavy atom. The third-order valence-corrected chi connectivity index (χ3v) is 5.72. The van der Waals surface area contributed by atoms with Crippen molar-refractivity contribution in [1.82, 2.24) is 9.88 Å². The van der Waals surface area contributed by atoms with Crippen molar-refractivity contribution < 1.29 is 27.3 Å². The van der Waals surface area contributed by atoms with Gasteiger partial charge in [0.1, 0.15) is 17.1 Å². The second-order valence-corrected chi connectivity index (χ2v) is 8.27. The molecule has 9 nitrogen and oxygen atoms in total. The van der Waals surface area contributed by atoms with E-state index in [2.05, 4.69) is 15.2 Å². The van der Waals surface area contributed by atoms with Gasteiger partial charge in [-0.1, -0.05) is 28.4 Å². The van der Waals surface area contributed by atoms with Crippen molar-refractivity contribution in [2.45, 2.75) is 31.8 Å². The van der Waals surface area contributed by atoms with Gasteiger partial charge in [0, 0.05) is 5.02 Å². The van der Waals surface area contributed by atoms with Crippen molar-refractivity contribution >= 4 is 50.8 Å². The second kappa shape index (κ2) is 8.91. The van der Waals surface area contributed by atoms with E-state index in [0.717, 1.165) is 0 Å². The summed E-state index contributed by atoms with van der Waals surface area (Å²) in [4.78, 5) is 23.9. The number of rotatable bonds is 7. The van der Waals surface area contributed by atoms with Crippen molar-refractivity contribution in [2.24, 2.45) is 0 Å². The molecule has 0 aliphatic carbocycles. The van der Waals surface area contributed by atoms with Crippen LogP contribution in [0.2, 0.25) is 10.0 Å². The SMILES string of the molecule is Cc1noc(C)c1S(=O)(=O)NCC(=O)OC(C)C(=O)Nc1cc(Cl)ccc1Cl. The van der Waals surface area contributed by atoms with E-state index in [4.69, 9.17) is 32.5 Å². The fraction of sp³-hybridized carbons (Fsp3) is 0.312. The number of benzene rings is 1. The number of carbonyl (C=O) groups is 2. The Kier molecular flexibility index (Phi) is 7.05. The standard InChI is InChI=1S/C16H17Cl2N3O6S/c1-8-15(9(2)27-21-8)28(24,25)19-7-14(22)26-10(3)16(23)20-13-6-11(17)4-5-12(13)18/h4-6,10,19H,7H2,1-3H3,(H,20,23). The summed E-state index contributed by atoms with van der Waals surface area (Å²) in [5.74, 6) is -1.52. The molecule has 0 spiro atoms. The first-order chi connectivity index (χ1) is 13.0. The molecule has 0 radical (unpaired) electrons. The highest BCUT2D eigenvalue weighted by Crippen LogP contribution is 2.25. The molecule has 1 heterocycles. The van der Waals surface area contributed by atoms with Gasteiger partial charge in [0.05, 0.1) is 10.7 Å². The number of amides is 1. The molecule has 0 aliphatic rings. The van der Waals surface area contributed by atoms with Crippen LogP contribution in [-0.4, -0.2) is 38.1 Å². The summed E-state index contributed by atoms with van der Waals surface area (Å²) < 4.78 is 36.3. The fourth-order valence-corrected chi connectivity index (χ4v) is 3.84. The molecule has 0 saturated heterocycles. The van der Waals surface area contributed by atoms with Crippen LogP contribution in [0.3, 0.4) is 0 Å². The van der Waals surface area contributed by atoms with Gasteiger partial charge in [-0.3, -0.25) is 9.59 Å². The minimum absolute atomic E-state index is 0.0875. The summed E-state index contributed by atoms with van der Waals surface area (Å²) in [6.45, 7) is 3.54. The molecule has 0 fully saturated rings. The predicted molar refractivity (Wildman–Crippen MR) is 102 cm³/mol. The quantitative estimate of drug-likeness (QED) is 0.621. The number of halogens is 2. The number of carbonyl (C=O) groups excluding carboxylic acids is 2. The summed E-state index contributed by atoms with van der Waals surface area (Å²) in [7, 11) is -4.03. The van der Waals surface area contributed by atoms with Gasteiger partial charge in [-0.2, -0.15) is 4.72 Å². The van der Waals surface area contributed by atoms with Gasteiger partial charge in [-0.05, 0) is 39.0 Å². The van der Waals surface area contributed by atoms with Crippen molar-refractivity contribution in [3.63, 3.8) is 0 Å². The summed E-state index contributed by atoms with van der Waals surface area (Å²) in [6.07, 6.45) is -1.20. The van der Waals surface area contributed by atoms with Crippen LogP contribution < -0.4 is 10.0 Å². The lowest BCUT2D eigenvalue weighted by Crippen LogP contribution is -2.36. The van der Waals surface area contributed by atoms with E-state index >= 15 is 0 Å². The first-order valence-corrected chi connectivity index (χ1v) is 10.1. The van der Waals surface area contributed by atoms with Gasteiger partial charge in [0.25, 0.3) is 5.91 Å². The van der Waals surface area contributed by atoms with Crippen molar-refractivity contribution in [1.29, 1.82) is 0 Å². The molecule has 1 atom stereocenters. The third kappa shape index (κ3) is 5.44. The van der Waals surface area contributed by atoms with E-state index in [-0.39, 0.29) is 27.1 Å². The van der Waals surface area contributed by atoms with Crippen LogP contribution in [0.4, 0.5) is 5.69 Å². The van der Waals surface area contributed by atoms with E-state index in [1.165, 1.54) is 32.9 Å². The van der Waals surface area contributed by atoms with Gasteiger partial charge in [-0.25, -0.2) is 8.42 Å². The lowest BCUT2D eigenvalue weighted by molar-refractivity contribution is -0.151. The van der Waals surface area contributed by atoms with Crippen molar-refractivity contribution in [3.05, 3.63) is 39.7 Å². The number of aromatic nitrogens is 1. The van der Waals surface area contributed by atoms with Gasteiger partial charge < -0.3 is 14.6 Å². The molecule has 12 heteroatoms. The monoisotopic (exact) mass is 449 g/mol. The summed E-state index contributed by atoms with van der Waals surface area (Å²) in [5.41, 5.74) is 0.408. The maximum atomic E-state index is 12.2. The topological polar surface area (TPSA) is 128 Å². The normalized spacial score (nSPS) is 12.5. The van der Waals surface area contributed by atoms with Crippen LogP contribution in [0.25, 0.3) is 0 Å². The first kappa shape index (κ1) is 22.2. The molecule has 1 aromatic carbocycles. The maximum absolute atomic E-state index is 12.2. The molecule has 0 aliphatic heterocycles. The lowest BCUT2D eigenvalue weighted by Gasteiger charge is -2.14. The lowest BCUT2D eigenvalue weighted by atomic mass is 10.3. The number of ether oxygens (including phenoxy) is 1. The minimum Gasteiger partial charge on any atom is -0.452 e. The first-order valence-electron chi connectivity index (χ1n) is 7.89. The number of sulfonamides is 1. The molecule has 28 heavy (non-hydrogen) atoms. The number of nitrogens with zero attached hydrogens (tertiary/aromatic N) is 1. The van der Waals surface area contributed by atoms with E-state index in [1.807, 2.05) is 0 Å². The number of esters is 1. The average Bonchev–Trinajstić information content (AvgIpc) is 2.95. The molecule has 1 unspecified atom stereocenters. The van der Waals surface area contributed by atoms with Gasteiger partial charge in [0.2, 0.25) is 10.0 Å². The molecule has 1 amide bonds. The molecule has 1 aromatic heterocycles. The average molecular weight is 450 g/mol. The molecule has 152 valence electrons. The van der Waals surface area contributed by atoms with Gasteiger partial charge in [0.15, 0.2) is 11.9 Å². The van der Waals surface area contributed by atoms with E-state index in [0.29, 0.717) is 5.02 Å². The molecule has 2 N–H and O–H groups in total. The molecule has 0 saturated carbocycles. The van der Waals surface area contributed by atoms with E-state index in [1.54, 1.807) is 6.07 Å². The Bertz CT molecular complexity index is 986. The van der Waals surface area contributed by atoms with Crippen molar-refractivity contribution in [2.75, 3.05) is 11.9 Å². The Labute approximate surface area is 171 Å². The summed E-state index contributed by atoms with van der Waals surface area (Å²) >= 11 is 11.8. The minimum atomic E-state index is -4.03. The zero-order chi connectivity index (χ0) is 21.1. The number of hydrogen-bond acceptors (Lipinski definition) is 7. The summed E-state index contributed by atoms with van der Waals surface area (Å²) in [5, 5.41) is 6.64. The highest BCUT2D eigenvalue weighted by atomic mass is 35.5. The Balaban J connectivity index is 1.93. The highest BCUT2D eigenvalue weighted by molar-refractivity contribution is 7.89. The fourth-order valence-electron chi connectivity index (χ4n) is 2.20. The zero-order valence-electron chi connectivity index (χ0n) is 15.1. The number of hydrogen-bond donors (Lipinski definition) is 2. The molecule has 0 bridgehead atoms. The number of aryl methyl sites for hydroxylation is 2. The molecular formula is C16H17Cl2N3O6S. The van der Waals surface area contributed by atoms with Crippen molar-refractivity contribution in [3.8, 4) is 0 Å². The van der Waals surface area contributed by atoms with E-state index < -0.39 is 34.5 Å². The number of nitrogens with one attached hydrogen (secondary N) is 2. The van der Waals surface area contributed by atoms with Crippen LogP contribution in [0.5, 0.6) is 0 Å². The van der Waals surface area contributed by atoms with Gasteiger partial charge in [-0.15, -0.1) is 0 Å². The highest BCUT2D eigenvalue weighted by Gasteiger charge is 2.26. The third-order valence-electron chi connectivity index (χ3n) is 3.51. The largest absolute Gasteiger partial charge is 0.452 e. The zero-order valence-corrected chi connectivity index (χ0v) is 17.4. The summed E-state index contributed by atoms with van der Waals surface area (Å²) in [6, 6.07) is 4.49. The van der Waals surface area contributed by atoms with Crippen LogP contribution in [0, 0.1) is 13.8 Å². The molecule has 2 rings (SSSR count). The van der Waals surface area contributed by atoms with Crippen LogP contribution >= 0.6 is 23.2 Å². The molecular weight excluding hydrogens is 433 g/mol. The second-order valence-electron chi connectivity index (χ2n) is 5.72. The van der Waals surface area contributed by atoms with Crippen LogP contribution in [-0.2, 0) is 24.3 Å². The predicted octanol–water partition coefficient (Wildman–Crippen LogP) is 2.45. The number of anilines is 1. The Morgan fingerprint density at radius 3 is 2.57 bits per heavy atom. The van der Waals surface area contributed by atoms with Gasteiger partial charge >= 0.3 is 5.97 Å². The molecule has 2 aromatic rings. The van der Waals surface area contributed by atoms with Crippen LogP contribution in [0.15, 0.2) is 27.6 Å². The van der Waals surface area contributed by atoms with E-state index in [9.17, 15) is 18.0 Å². The smallest absolute Gasteiger partial charge is 0.321 e. The Hall–Kier alpha value is -2.14. The Morgan fingerprint density at radius 2 is 1.96 bits per heavy atom.